The molecule has 0 fully saturated rings. The van der Waals surface area contributed by atoms with Crippen molar-refractivity contribution in [2.75, 3.05) is 0 Å². The number of rotatable bonds is 3. The van der Waals surface area contributed by atoms with E-state index in [2.05, 4.69) is 15.0 Å². The van der Waals surface area contributed by atoms with E-state index < -0.39 is 4.92 Å². The lowest BCUT2D eigenvalue weighted by Gasteiger charge is -1.97. The molecular formula is C11H7N5O3. The minimum Gasteiger partial charge on any atom is -0.399 e. The van der Waals surface area contributed by atoms with Crippen LogP contribution in [0.3, 0.4) is 0 Å². The number of hydrogen-bond donors (Lipinski definition) is 0. The topological polar surface area (TPSA) is 99.9 Å². The Bertz CT molecular complexity index is 719. The molecule has 0 aliphatic heterocycles. The second kappa shape index (κ2) is 4.33. The largest absolute Gasteiger partial charge is 0.433 e. The Morgan fingerprint density at radius 1 is 1.26 bits per heavy atom. The van der Waals surface area contributed by atoms with Crippen molar-refractivity contribution < 1.29 is 9.34 Å². The van der Waals surface area contributed by atoms with Crippen LogP contribution in [0.4, 0.5) is 5.88 Å². The Morgan fingerprint density at radius 3 is 2.84 bits per heavy atom. The molecule has 0 N–H and O–H groups in total. The number of nitro groups is 1. The van der Waals surface area contributed by atoms with Crippen LogP contribution in [0, 0.1) is 10.1 Å². The van der Waals surface area contributed by atoms with E-state index in [1.54, 1.807) is 29.4 Å². The minimum absolute atomic E-state index is 0.316. The van der Waals surface area contributed by atoms with Crippen LogP contribution in [-0.2, 0) is 0 Å². The highest BCUT2D eigenvalue weighted by Gasteiger charge is 2.15. The fourth-order valence-electron chi connectivity index (χ4n) is 1.56. The molecule has 0 aromatic carbocycles. The van der Waals surface area contributed by atoms with Crippen molar-refractivity contribution in [3.63, 3.8) is 0 Å². The molecule has 0 amide bonds. The predicted octanol–water partition coefficient (Wildman–Crippen LogP) is 1.83. The maximum absolute atomic E-state index is 10.5. The van der Waals surface area contributed by atoms with Gasteiger partial charge in [0, 0.05) is 18.6 Å². The molecular weight excluding hydrogens is 250 g/mol. The van der Waals surface area contributed by atoms with Crippen LogP contribution in [0.15, 0.2) is 47.7 Å². The second-order valence-electron chi connectivity index (χ2n) is 3.62. The molecule has 0 aliphatic rings. The average Bonchev–Trinajstić information content (AvgIpc) is 3.09. The normalized spacial score (nSPS) is 10.5. The molecule has 8 nitrogen and oxygen atoms in total. The second-order valence-corrected chi connectivity index (χ2v) is 3.62. The van der Waals surface area contributed by atoms with Gasteiger partial charge >= 0.3 is 5.88 Å². The van der Waals surface area contributed by atoms with E-state index in [0.29, 0.717) is 17.3 Å². The molecule has 0 bridgehead atoms. The van der Waals surface area contributed by atoms with E-state index in [1.807, 2.05) is 0 Å². The summed E-state index contributed by atoms with van der Waals surface area (Å²) >= 11 is 0. The molecule has 3 heterocycles. The smallest absolute Gasteiger partial charge is 0.399 e. The Labute approximate surface area is 106 Å². The van der Waals surface area contributed by atoms with Gasteiger partial charge in [0.15, 0.2) is 11.6 Å². The first kappa shape index (κ1) is 11.1. The van der Waals surface area contributed by atoms with Crippen molar-refractivity contribution in [1.82, 2.24) is 19.5 Å². The van der Waals surface area contributed by atoms with E-state index in [9.17, 15) is 10.1 Å². The Hall–Kier alpha value is -3.03. The van der Waals surface area contributed by atoms with Gasteiger partial charge in [0.2, 0.25) is 0 Å². The lowest BCUT2D eigenvalue weighted by molar-refractivity contribution is -0.401. The number of imidazole rings is 1. The molecule has 0 saturated heterocycles. The van der Waals surface area contributed by atoms with Gasteiger partial charge in [0.25, 0.3) is 0 Å². The Balaban J connectivity index is 1.94. The van der Waals surface area contributed by atoms with Gasteiger partial charge in [-0.25, -0.2) is 9.97 Å². The molecule has 8 heteroatoms. The highest BCUT2D eigenvalue weighted by atomic mass is 16.6. The monoisotopic (exact) mass is 257 g/mol. The summed E-state index contributed by atoms with van der Waals surface area (Å²) in [5, 5.41) is 10.5. The average molecular weight is 257 g/mol. The van der Waals surface area contributed by atoms with Crippen molar-refractivity contribution in [2.24, 2.45) is 0 Å². The lowest BCUT2D eigenvalue weighted by Crippen LogP contribution is -1.93. The predicted molar refractivity (Wildman–Crippen MR) is 63.5 cm³/mol. The third kappa shape index (κ3) is 2.06. The van der Waals surface area contributed by atoms with E-state index in [1.165, 1.54) is 18.5 Å². The Kier molecular flexibility index (Phi) is 2.53. The highest BCUT2D eigenvalue weighted by Crippen LogP contribution is 2.24. The van der Waals surface area contributed by atoms with Gasteiger partial charge in [-0.05, 0) is 6.07 Å². The van der Waals surface area contributed by atoms with Crippen molar-refractivity contribution in [3.05, 3.63) is 53.4 Å². The first-order valence-corrected chi connectivity index (χ1v) is 5.29. The van der Waals surface area contributed by atoms with Crippen molar-refractivity contribution in [3.8, 4) is 17.3 Å². The summed E-state index contributed by atoms with van der Waals surface area (Å²) in [6, 6.07) is 2.79. The summed E-state index contributed by atoms with van der Waals surface area (Å²) in [4.78, 5) is 22.1. The molecule has 3 aromatic heterocycles. The summed E-state index contributed by atoms with van der Waals surface area (Å²) in [7, 11) is 0. The van der Waals surface area contributed by atoms with Crippen LogP contribution in [0.2, 0.25) is 0 Å². The van der Waals surface area contributed by atoms with Gasteiger partial charge in [-0.15, -0.1) is 0 Å². The molecule has 3 aromatic rings. The molecule has 94 valence electrons. The molecule has 0 spiro atoms. The van der Waals surface area contributed by atoms with Crippen LogP contribution >= 0.6 is 0 Å². The van der Waals surface area contributed by atoms with Crippen LogP contribution < -0.4 is 0 Å². The standard InChI is InChI=1S/C11H7N5O3/c17-16(18)11-2-1-9(19-11)8-6-15(7-14-8)10-5-12-3-4-13-10/h1-7H. The molecule has 0 aliphatic carbocycles. The molecule has 0 unspecified atom stereocenters. The molecule has 3 rings (SSSR count). The number of nitrogens with zero attached hydrogens (tertiary/aromatic N) is 5. The maximum Gasteiger partial charge on any atom is 0.433 e. The first-order valence-electron chi connectivity index (χ1n) is 5.29. The summed E-state index contributed by atoms with van der Waals surface area (Å²) in [6.07, 6.45) is 7.90. The maximum atomic E-state index is 10.5. The summed E-state index contributed by atoms with van der Waals surface area (Å²) in [5.41, 5.74) is 0.485. The van der Waals surface area contributed by atoms with Crippen molar-refractivity contribution >= 4 is 5.88 Å². The summed E-state index contributed by atoms with van der Waals surface area (Å²) in [5.74, 6) is 0.612. The summed E-state index contributed by atoms with van der Waals surface area (Å²) < 4.78 is 6.72. The van der Waals surface area contributed by atoms with Crippen molar-refractivity contribution in [1.29, 1.82) is 0 Å². The van der Waals surface area contributed by atoms with E-state index >= 15 is 0 Å². The summed E-state index contributed by atoms with van der Waals surface area (Å²) in [6.45, 7) is 0. The highest BCUT2D eigenvalue weighted by molar-refractivity contribution is 5.53. The molecule has 0 atom stereocenters. The fraction of sp³-hybridized carbons (Fsp3) is 0. The van der Waals surface area contributed by atoms with Gasteiger partial charge in [-0.2, -0.15) is 0 Å². The molecule has 19 heavy (non-hydrogen) atoms. The Morgan fingerprint density at radius 2 is 2.16 bits per heavy atom. The fourth-order valence-corrected chi connectivity index (χ4v) is 1.56. The van der Waals surface area contributed by atoms with E-state index in [-0.39, 0.29) is 5.88 Å². The first-order chi connectivity index (χ1) is 9.24. The quantitative estimate of drug-likeness (QED) is 0.524. The molecule has 0 saturated carbocycles. The third-order valence-corrected chi connectivity index (χ3v) is 2.42. The van der Waals surface area contributed by atoms with Gasteiger partial charge in [-0.3, -0.25) is 19.7 Å². The van der Waals surface area contributed by atoms with Gasteiger partial charge in [0.05, 0.1) is 12.3 Å². The van der Waals surface area contributed by atoms with E-state index in [0.717, 1.165) is 0 Å². The van der Waals surface area contributed by atoms with Crippen LogP contribution in [0.25, 0.3) is 17.3 Å². The van der Waals surface area contributed by atoms with Crippen LogP contribution in [-0.4, -0.2) is 24.4 Å². The minimum atomic E-state index is -0.594. The van der Waals surface area contributed by atoms with Gasteiger partial charge in [-0.1, -0.05) is 0 Å². The van der Waals surface area contributed by atoms with Crippen LogP contribution in [0.1, 0.15) is 0 Å². The van der Waals surface area contributed by atoms with Gasteiger partial charge in [0.1, 0.15) is 16.9 Å². The zero-order valence-electron chi connectivity index (χ0n) is 9.50. The van der Waals surface area contributed by atoms with Crippen LogP contribution in [0.5, 0.6) is 0 Å². The van der Waals surface area contributed by atoms with Gasteiger partial charge < -0.3 is 4.42 Å². The van der Waals surface area contributed by atoms with E-state index in [4.69, 9.17) is 4.42 Å². The van der Waals surface area contributed by atoms with Crippen molar-refractivity contribution in [2.45, 2.75) is 0 Å². The SMILES string of the molecule is O=[N+]([O-])c1ccc(-c2cn(-c3cnccn3)cn2)o1. The molecule has 0 radical (unpaired) electrons. The third-order valence-electron chi connectivity index (χ3n) is 2.42. The number of hydrogen-bond acceptors (Lipinski definition) is 6. The number of furan rings is 1. The zero-order valence-corrected chi connectivity index (χ0v) is 9.50. The lowest BCUT2D eigenvalue weighted by atomic mass is 10.3. The zero-order chi connectivity index (χ0) is 13.2. The number of aromatic nitrogens is 4.